The van der Waals surface area contributed by atoms with E-state index >= 15 is 0 Å². The zero-order valence-corrected chi connectivity index (χ0v) is 17.6. The van der Waals surface area contributed by atoms with E-state index in [-0.39, 0.29) is 0 Å². The summed E-state index contributed by atoms with van der Waals surface area (Å²) < 4.78 is 9.30. The summed E-state index contributed by atoms with van der Waals surface area (Å²) in [6, 6.07) is 18.1. The molecule has 0 amide bonds. The van der Waals surface area contributed by atoms with Crippen molar-refractivity contribution in [2.45, 2.75) is 19.9 Å². The summed E-state index contributed by atoms with van der Waals surface area (Å²) in [5.41, 5.74) is 3.89. The molecular weight excluding hydrogens is 396 g/mol. The van der Waals surface area contributed by atoms with Crippen LogP contribution in [0.15, 0.2) is 65.9 Å². The van der Waals surface area contributed by atoms with Crippen molar-refractivity contribution in [2.24, 2.45) is 5.10 Å². The molecule has 0 radical (unpaired) electrons. The van der Waals surface area contributed by atoms with E-state index in [9.17, 15) is 0 Å². The lowest BCUT2D eigenvalue weighted by Crippen LogP contribution is -2.00. The zero-order valence-electron chi connectivity index (χ0n) is 16.8. The van der Waals surface area contributed by atoms with E-state index in [4.69, 9.17) is 22.1 Å². The second kappa shape index (κ2) is 8.87. The molecule has 30 heavy (non-hydrogen) atoms. The quantitative estimate of drug-likeness (QED) is 0.359. The highest BCUT2D eigenvalue weighted by Crippen LogP contribution is 2.24. The first-order valence-electron chi connectivity index (χ1n) is 9.64. The molecule has 0 atom stereocenters. The Bertz CT molecular complexity index is 1200. The fraction of sp³-hybridized carbons (Fsp3) is 0.182. The van der Waals surface area contributed by atoms with Gasteiger partial charge in [0, 0.05) is 23.7 Å². The molecule has 7 nitrogen and oxygen atoms in total. The molecule has 1 N–H and O–H groups in total. The van der Waals surface area contributed by atoms with E-state index in [1.807, 2.05) is 60.3 Å². The van der Waals surface area contributed by atoms with Gasteiger partial charge in [-0.1, -0.05) is 37.3 Å². The number of hydrogen-bond acceptors (Lipinski definition) is 5. The number of hydrogen-bond donors (Lipinski definition) is 1. The van der Waals surface area contributed by atoms with Gasteiger partial charge in [0.2, 0.25) is 4.77 Å². The van der Waals surface area contributed by atoms with Gasteiger partial charge in [-0.05, 0) is 42.0 Å². The van der Waals surface area contributed by atoms with Gasteiger partial charge in [-0.3, -0.25) is 9.78 Å². The molecule has 0 saturated carbocycles. The molecule has 2 aromatic heterocycles. The number of aryl methyl sites for hydroxylation is 1. The largest absolute Gasteiger partial charge is 0.497 e. The predicted octanol–water partition coefficient (Wildman–Crippen LogP) is 4.31. The Morgan fingerprint density at radius 1 is 1.13 bits per heavy atom. The number of rotatable bonds is 7. The Kier molecular flexibility index (Phi) is 5.85. The van der Waals surface area contributed by atoms with Crippen LogP contribution in [0.1, 0.15) is 23.9 Å². The fourth-order valence-corrected chi connectivity index (χ4v) is 3.35. The second-order valence-corrected chi connectivity index (χ2v) is 7.09. The molecule has 0 fully saturated rings. The Balaban J connectivity index is 1.73. The van der Waals surface area contributed by atoms with Crippen molar-refractivity contribution in [3.63, 3.8) is 0 Å². The minimum atomic E-state index is 0.464. The topological polar surface area (TPSA) is 73.0 Å². The summed E-state index contributed by atoms with van der Waals surface area (Å²) in [6.45, 7) is 2.68. The van der Waals surface area contributed by atoms with Crippen LogP contribution in [0.25, 0.3) is 11.3 Å². The maximum atomic E-state index is 5.30. The van der Waals surface area contributed by atoms with Crippen LogP contribution in [-0.4, -0.2) is 38.0 Å². The average Bonchev–Trinajstić information content (AvgIpc) is 3.35. The van der Waals surface area contributed by atoms with Crippen molar-refractivity contribution in [3.8, 4) is 17.0 Å². The smallest absolute Gasteiger partial charge is 0.216 e. The number of nitrogens with zero attached hydrogens (tertiary/aromatic N) is 5. The highest BCUT2D eigenvalue weighted by molar-refractivity contribution is 7.71. The normalized spacial score (nSPS) is 11.3. The zero-order chi connectivity index (χ0) is 20.9. The van der Waals surface area contributed by atoms with Crippen LogP contribution in [-0.2, 0) is 13.0 Å². The number of H-pyrrole nitrogens is 1. The minimum absolute atomic E-state index is 0.464. The van der Waals surface area contributed by atoms with Gasteiger partial charge >= 0.3 is 0 Å². The van der Waals surface area contributed by atoms with Crippen molar-refractivity contribution < 1.29 is 4.74 Å². The highest BCUT2D eigenvalue weighted by atomic mass is 32.1. The Labute approximate surface area is 179 Å². The van der Waals surface area contributed by atoms with Crippen LogP contribution in [0.4, 0.5) is 0 Å². The SMILES string of the molecule is CCc1n[nH]c(=S)n1/N=C\c1cn(Cc2ccccc2)nc1-c1ccc(OC)cc1. The highest BCUT2D eigenvalue weighted by Gasteiger charge is 2.11. The van der Waals surface area contributed by atoms with Crippen LogP contribution in [0.3, 0.4) is 0 Å². The van der Waals surface area contributed by atoms with Gasteiger partial charge in [-0.2, -0.15) is 20.0 Å². The van der Waals surface area contributed by atoms with Crippen molar-refractivity contribution in [1.82, 2.24) is 24.7 Å². The molecule has 0 bridgehead atoms. The third-order valence-corrected chi connectivity index (χ3v) is 4.95. The lowest BCUT2D eigenvalue weighted by Gasteiger charge is -2.03. The molecule has 0 saturated heterocycles. The maximum absolute atomic E-state index is 5.30. The van der Waals surface area contributed by atoms with Gasteiger partial charge in [0.1, 0.15) is 11.4 Å². The van der Waals surface area contributed by atoms with Crippen LogP contribution in [0.5, 0.6) is 5.75 Å². The molecule has 0 aliphatic rings. The molecule has 0 unspecified atom stereocenters. The van der Waals surface area contributed by atoms with Crippen LogP contribution in [0, 0.1) is 4.77 Å². The molecule has 4 rings (SSSR count). The first kappa shape index (κ1) is 19.8. The summed E-state index contributed by atoms with van der Waals surface area (Å²) in [5, 5.41) is 16.4. The van der Waals surface area contributed by atoms with E-state index in [1.165, 1.54) is 5.56 Å². The van der Waals surface area contributed by atoms with Crippen molar-refractivity contribution in [2.75, 3.05) is 7.11 Å². The van der Waals surface area contributed by atoms with Gasteiger partial charge in [-0.25, -0.2) is 0 Å². The molecule has 4 aromatic rings. The number of aromatic amines is 1. The molecule has 0 aliphatic heterocycles. The van der Waals surface area contributed by atoms with Crippen molar-refractivity contribution >= 4 is 18.4 Å². The maximum Gasteiger partial charge on any atom is 0.216 e. The Morgan fingerprint density at radius 3 is 2.60 bits per heavy atom. The molecule has 152 valence electrons. The van der Waals surface area contributed by atoms with Gasteiger partial charge in [0.05, 0.1) is 19.9 Å². The first-order chi connectivity index (χ1) is 14.7. The van der Waals surface area contributed by atoms with Crippen molar-refractivity contribution in [1.29, 1.82) is 0 Å². The molecule has 0 spiro atoms. The molecule has 2 heterocycles. The van der Waals surface area contributed by atoms with E-state index in [0.717, 1.165) is 34.8 Å². The minimum Gasteiger partial charge on any atom is -0.497 e. The first-order valence-corrected chi connectivity index (χ1v) is 10.0. The fourth-order valence-electron chi connectivity index (χ4n) is 3.15. The van der Waals surface area contributed by atoms with Gasteiger partial charge in [0.15, 0.2) is 5.82 Å². The van der Waals surface area contributed by atoms with E-state index in [0.29, 0.717) is 11.3 Å². The van der Waals surface area contributed by atoms with E-state index in [2.05, 4.69) is 27.4 Å². The summed E-state index contributed by atoms with van der Waals surface area (Å²) in [6.07, 6.45) is 4.49. The van der Waals surface area contributed by atoms with Gasteiger partial charge < -0.3 is 4.74 Å². The second-order valence-electron chi connectivity index (χ2n) is 6.70. The van der Waals surface area contributed by atoms with Gasteiger partial charge in [0.25, 0.3) is 0 Å². The summed E-state index contributed by atoms with van der Waals surface area (Å²) in [5.74, 6) is 1.58. The lowest BCUT2D eigenvalue weighted by molar-refractivity contribution is 0.415. The molecule has 8 heteroatoms. The summed E-state index contributed by atoms with van der Waals surface area (Å²) in [4.78, 5) is 0. The molecule has 2 aromatic carbocycles. The van der Waals surface area contributed by atoms with Crippen LogP contribution >= 0.6 is 12.2 Å². The number of methoxy groups -OCH3 is 1. The molecule has 0 aliphatic carbocycles. The predicted molar refractivity (Wildman–Crippen MR) is 120 cm³/mol. The average molecular weight is 419 g/mol. The Hall–Kier alpha value is -3.52. The monoisotopic (exact) mass is 418 g/mol. The van der Waals surface area contributed by atoms with Crippen LogP contribution < -0.4 is 4.74 Å². The third-order valence-electron chi connectivity index (χ3n) is 4.69. The standard InChI is InChI=1S/C22H22N6OS/c1-3-20-24-25-22(30)28(20)23-13-18-15-27(14-16-7-5-4-6-8-16)26-21(18)17-9-11-19(29-2)12-10-17/h4-13,15H,3,14H2,1-2H3,(H,25,30)/b23-13-. The lowest BCUT2D eigenvalue weighted by atomic mass is 10.1. The summed E-state index contributed by atoms with van der Waals surface area (Å²) >= 11 is 5.30. The van der Waals surface area contributed by atoms with Crippen LogP contribution in [0.2, 0.25) is 0 Å². The van der Waals surface area contributed by atoms with Crippen molar-refractivity contribution in [3.05, 3.63) is 82.5 Å². The third kappa shape index (κ3) is 4.23. The Morgan fingerprint density at radius 2 is 1.90 bits per heavy atom. The van der Waals surface area contributed by atoms with Gasteiger partial charge in [-0.15, -0.1) is 0 Å². The van der Waals surface area contributed by atoms with E-state index in [1.54, 1.807) is 18.0 Å². The summed E-state index contributed by atoms with van der Waals surface area (Å²) in [7, 11) is 1.65. The van der Waals surface area contributed by atoms with E-state index < -0.39 is 0 Å². The number of ether oxygens (including phenoxy) is 1. The molecular formula is C22H22N6OS. The number of aromatic nitrogens is 5. The number of nitrogens with one attached hydrogen (secondary N) is 1. The number of benzene rings is 2.